The van der Waals surface area contributed by atoms with Crippen LogP contribution in [0.1, 0.15) is 19.3 Å². The van der Waals surface area contributed by atoms with Gasteiger partial charge in [0.2, 0.25) is 0 Å². The molecule has 0 unspecified atom stereocenters. The van der Waals surface area contributed by atoms with Gasteiger partial charge in [-0.25, -0.2) is 9.78 Å². The van der Waals surface area contributed by atoms with E-state index < -0.39 is 6.09 Å². The summed E-state index contributed by atoms with van der Waals surface area (Å²) in [7, 11) is 0. The van der Waals surface area contributed by atoms with Gasteiger partial charge >= 0.3 is 6.09 Å². The lowest BCUT2D eigenvalue weighted by Crippen LogP contribution is -2.46. The highest BCUT2D eigenvalue weighted by molar-refractivity contribution is 5.95. The van der Waals surface area contributed by atoms with E-state index in [9.17, 15) is 14.4 Å². The summed E-state index contributed by atoms with van der Waals surface area (Å²) in [6.45, 7) is 1.83. The van der Waals surface area contributed by atoms with E-state index in [1.54, 1.807) is 27.7 Å². The molecule has 6 rings (SSSR count). The zero-order chi connectivity index (χ0) is 26.9. The maximum absolute atomic E-state index is 12.8. The Morgan fingerprint density at radius 3 is 2.87 bits per heavy atom. The Labute approximate surface area is 224 Å². The van der Waals surface area contributed by atoms with Crippen molar-refractivity contribution in [1.29, 1.82) is 0 Å². The minimum Gasteiger partial charge on any atom is -0.492 e. The maximum atomic E-state index is 12.8. The number of hydrogen-bond donors (Lipinski definition) is 3. The Balaban J connectivity index is 1.10. The van der Waals surface area contributed by atoms with E-state index in [-0.39, 0.29) is 36.3 Å². The van der Waals surface area contributed by atoms with Gasteiger partial charge in [0.05, 0.1) is 11.6 Å². The number of carbonyl (C=O) groups is 2. The molecule has 1 saturated heterocycles. The van der Waals surface area contributed by atoms with Gasteiger partial charge in [0.15, 0.2) is 18.2 Å². The van der Waals surface area contributed by atoms with Gasteiger partial charge in [0.25, 0.3) is 11.5 Å². The number of rotatable bonds is 8. The van der Waals surface area contributed by atoms with Crippen LogP contribution in [0.4, 0.5) is 16.4 Å². The first-order chi connectivity index (χ1) is 19.0. The minimum atomic E-state index is -0.448. The Morgan fingerprint density at radius 1 is 1.13 bits per heavy atom. The molecular formula is C27H30N6O6. The van der Waals surface area contributed by atoms with Crippen LogP contribution in [0.15, 0.2) is 47.3 Å². The summed E-state index contributed by atoms with van der Waals surface area (Å²) in [6, 6.07) is 12.5. The topological polar surface area (TPSA) is 150 Å². The Kier molecular flexibility index (Phi) is 6.79. The van der Waals surface area contributed by atoms with Gasteiger partial charge in [-0.05, 0) is 48.6 Å². The normalized spacial score (nSPS) is 22.1. The van der Waals surface area contributed by atoms with Gasteiger partial charge in [-0.1, -0.05) is 0 Å². The highest BCUT2D eigenvalue weighted by atomic mass is 16.6. The molecule has 3 atom stereocenters. The van der Waals surface area contributed by atoms with Crippen LogP contribution in [-0.4, -0.2) is 66.0 Å². The standard InChI is InChI=1S/C27H30N6O6/c28-9-12-37-18-4-1-16-2-8-25(35)32(20(16)14-18)11-10-29-17-3-5-19-22(13-17)39-27(36)33(19)23-7-6-21-26(30-23)31-24(34)15-38-21/h1-2,4,6-8,14,17,19,22,29H,3,5,9-13,15,28H2,(H,30,31,34)/t17-,19-,22+/m0/s1. The first kappa shape index (κ1) is 25.1. The molecule has 1 saturated carbocycles. The van der Waals surface area contributed by atoms with Crippen LogP contribution >= 0.6 is 0 Å². The molecule has 2 amide bonds. The number of pyridine rings is 2. The lowest BCUT2D eigenvalue weighted by atomic mass is 9.88. The Morgan fingerprint density at radius 2 is 2.00 bits per heavy atom. The summed E-state index contributed by atoms with van der Waals surface area (Å²) < 4.78 is 18.5. The van der Waals surface area contributed by atoms with Gasteiger partial charge < -0.3 is 35.1 Å². The summed E-state index contributed by atoms with van der Waals surface area (Å²) >= 11 is 0. The quantitative estimate of drug-likeness (QED) is 0.392. The molecule has 4 N–H and O–H groups in total. The van der Waals surface area contributed by atoms with Crippen molar-refractivity contribution in [2.75, 3.05) is 36.5 Å². The zero-order valence-corrected chi connectivity index (χ0v) is 21.3. The van der Waals surface area contributed by atoms with E-state index in [2.05, 4.69) is 15.6 Å². The number of fused-ring (bicyclic) bond motifs is 3. The predicted molar refractivity (Wildman–Crippen MR) is 143 cm³/mol. The van der Waals surface area contributed by atoms with Crippen LogP contribution in [0, 0.1) is 0 Å². The van der Waals surface area contributed by atoms with Crippen LogP contribution in [0.3, 0.4) is 0 Å². The molecular weight excluding hydrogens is 504 g/mol. The fraction of sp³-hybridized carbons (Fsp3) is 0.407. The summed E-state index contributed by atoms with van der Waals surface area (Å²) in [4.78, 5) is 43.2. The average molecular weight is 535 g/mol. The Hall–Kier alpha value is -4.16. The van der Waals surface area contributed by atoms with E-state index in [1.165, 1.54) is 0 Å². The molecule has 4 heterocycles. The number of anilines is 2. The number of carbonyl (C=O) groups excluding carboxylic acids is 2. The molecule has 2 aliphatic heterocycles. The van der Waals surface area contributed by atoms with Crippen LogP contribution in [0.25, 0.3) is 10.9 Å². The van der Waals surface area contributed by atoms with Crippen LogP contribution < -0.4 is 36.3 Å². The molecule has 0 radical (unpaired) electrons. The maximum Gasteiger partial charge on any atom is 0.416 e. The van der Waals surface area contributed by atoms with Crippen molar-refractivity contribution < 1.29 is 23.8 Å². The number of aromatic nitrogens is 2. The fourth-order valence-electron chi connectivity index (χ4n) is 5.54. The third-order valence-corrected chi connectivity index (χ3v) is 7.36. The van der Waals surface area contributed by atoms with Gasteiger partial charge in [0.1, 0.15) is 24.3 Å². The molecule has 3 aromatic rings. The van der Waals surface area contributed by atoms with Gasteiger partial charge in [-0.15, -0.1) is 0 Å². The molecule has 204 valence electrons. The molecule has 12 nitrogen and oxygen atoms in total. The molecule has 0 bridgehead atoms. The van der Waals surface area contributed by atoms with Gasteiger partial charge in [-0.2, -0.15) is 0 Å². The molecule has 1 aliphatic carbocycles. The number of benzene rings is 1. The van der Waals surface area contributed by atoms with E-state index in [0.29, 0.717) is 55.8 Å². The van der Waals surface area contributed by atoms with Gasteiger partial charge in [0, 0.05) is 44.2 Å². The number of amides is 2. The first-order valence-electron chi connectivity index (χ1n) is 13.1. The largest absolute Gasteiger partial charge is 0.492 e. The minimum absolute atomic E-state index is 0.0573. The molecule has 2 fully saturated rings. The second-order valence-electron chi connectivity index (χ2n) is 9.86. The van der Waals surface area contributed by atoms with Crippen molar-refractivity contribution >= 4 is 34.5 Å². The number of nitrogens with two attached hydrogens (primary N) is 1. The smallest absolute Gasteiger partial charge is 0.416 e. The van der Waals surface area contributed by atoms with E-state index in [4.69, 9.17) is 19.9 Å². The number of nitrogens with zero attached hydrogens (tertiary/aromatic N) is 3. The highest BCUT2D eigenvalue weighted by Gasteiger charge is 2.46. The third-order valence-electron chi connectivity index (χ3n) is 7.36. The van der Waals surface area contributed by atoms with E-state index >= 15 is 0 Å². The lowest BCUT2D eigenvalue weighted by molar-refractivity contribution is -0.118. The fourth-order valence-corrected chi connectivity index (χ4v) is 5.54. The number of ether oxygens (including phenoxy) is 3. The van der Waals surface area contributed by atoms with Crippen molar-refractivity contribution in [2.45, 2.75) is 44.0 Å². The lowest BCUT2D eigenvalue weighted by Gasteiger charge is -2.33. The highest BCUT2D eigenvalue weighted by Crippen LogP contribution is 2.37. The van der Waals surface area contributed by atoms with Crippen molar-refractivity contribution in [2.24, 2.45) is 5.73 Å². The van der Waals surface area contributed by atoms with Crippen LogP contribution in [0.2, 0.25) is 0 Å². The molecule has 12 heteroatoms. The number of nitrogens with one attached hydrogen (secondary N) is 2. The second kappa shape index (κ2) is 10.5. The van der Waals surface area contributed by atoms with Crippen molar-refractivity contribution in [3.05, 3.63) is 52.8 Å². The average Bonchev–Trinajstić information content (AvgIpc) is 3.27. The summed E-state index contributed by atoms with van der Waals surface area (Å²) in [5, 5.41) is 7.18. The molecule has 0 spiro atoms. The molecule has 3 aliphatic rings. The van der Waals surface area contributed by atoms with Gasteiger partial charge in [-0.3, -0.25) is 14.5 Å². The van der Waals surface area contributed by atoms with E-state index in [0.717, 1.165) is 23.7 Å². The predicted octanol–water partition coefficient (Wildman–Crippen LogP) is 1.60. The molecule has 39 heavy (non-hydrogen) atoms. The van der Waals surface area contributed by atoms with Crippen LogP contribution in [-0.2, 0) is 16.1 Å². The summed E-state index contributed by atoms with van der Waals surface area (Å²) in [6.07, 6.45) is 1.48. The Bertz CT molecular complexity index is 1470. The molecule has 1 aromatic carbocycles. The van der Waals surface area contributed by atoms with Crippen molar-refractivity contribution in [1.82, 2.24) is 14.9 Å². The van der Waals surface area contributed by atoms with Crippen LogP contribution in [0.5, 0.6) is 11.5 Å². The third kappa shape index (κ3) is 5.00. The second-order valence-corrected chi connectivity index (χ2v) is 9.86. The van der Waals surface area contributed by atoms with E-state index in [1.807, 2.05) is 24.3 Å². The first-order valence-corrected chi connectivity index (χ1v) is 13.1. The zero-order valence-electron chi connectivity index (χ0n) is 21.3. The summed E-state index contributed by atoms with van der Waals surface area (Å²) in [5.41, 5.74) is 6.27. The summed E-state index contributed by atoms with van der Waals surface area (Å²) in [5.74, 6) is 1.59. The SMILES string of the molecule is NCCOc1ccc2ccc(=O)n(CCN[C@H]3CC[C@H]4[C@@H](C3)OC(=O)N4c3ccc4c(n3)NC(=O)CO4)c2c1. The monoisotopic (exact) mass is 534 g/mol. The molecule has 2 aromatic heterocycles. The van der Waals surface area contributed by atoms with Crippen molar-refractivity contribution in [3.8, 4) is 11.5 Å². The number of hydrogen-bond acceptors (Lipinski definition) is 9. The van der Waals surface area contributed by atoms with Crippen molar-refractivity contribution in [3.63, 3.8) is 0 Å².